The third-order valence-corrected chi connectivity index (χ3v) is 4.20. The van der Waals surface area contributed by atoms with Gasteiger partial charge in [-0.05, 0) is 31.0 Å². The first-order chi connectivity index (χ1) is 10.3. The van der Waals surface area contributed by atoms with Crippen molar-refractivity contribution in [2.75, 3.05) is 20.1 Å². The van der Waals surface area contributed by atoms with E-state index in [1.54, 1.807) is 0 Å². The molecule has 23 heavy (non-hydrogen) atoms. The number of piperidine rings is 1. The zero-order valence-electron chi connectivity index (χ0n) is 13.4. The van der Waals surface area contributed by atoms with Gasteiger partial charge in [0.1, 0.15) is 6.10 Å². The molecule has 1 aliphatic heterocycles. The Kier molecular flexibility index (Phi) is 8.64. The van der Waals surface area contributed by atoms with Crippen LogP contribution in [0.15, 0.2) is 60.7 Å². The van der Waals surface area contributed by atoms with E-state index in [1.165, 1.54) is 11.1 Å². The van der Waals surface area contributed by atoms with Crippen LogP contribution in [0.25, 0.3) is 0 Å². The van der Waals surface area contributed by atoms with Gasteiger partial charge in [0.15, 0.2) is 0 Å². The molecule has 1 fully saturated rings. The van der Waals surface area contributed by atoms with Crippen molar-refractivity contribution in [3.63, 3.8) is 0 Å². The number of ether oxygens (including phenoxy) is 1. The highest BCUT2D eigenvalue weighted by Crippen LogP contribution is 2.29. The number of rotatable bonds is 4. The van der Waals surface area contributed by atoms with Crippen molar-refractivity contribution >= 4 is 24.8 Å². The van der Waals surface area contributed by atoms with E-state index < -0.39 is 0 Å². The van der Waals surface area contributed by atoms with E-state index in [-0.39, 0.29) is 30.9 Å². The Hall–Kier alpha value is -1.06. The van der Waals surface area contributed by atoms with Gasteiger partial charge in [-0.3, -0.25) is 0 Å². The van der Waals surface area contributed by atoms with Gasteiger partial charge in [0.25, 0.3) is 0 Å². The molecule has 0 N–H and O–H groups in total. The molecule has 0 atom stereocenters. The SMILES string of the molecule is CN1CCC(OC(c2ccccc2)c2ccccc2)CC1.Cl.Cl. The maximum absolute atomic E-state index is 6.49. The first-order valence-corrected chi connectivity index (χ1v) is 7.77. The van der Waals surface area contributed by atoms with Gasteiger partial charge < -0.3 is 9.64 Å². The molecule has 0 spiro atoms. The molecule has 1 aliphatic rings. The second-order valence-electron chi connectivity index (χ2n) is 5.84. The summed E-state index contributed by atoms with van der Waals surface area (Å²) in [5, 5.41) is 0. The highest BCUT2D eigenvalue weighted by molar-refractivity contribution is 5.85. The molecule has 3 rings (SSSR count). The molecule has 0 radical (unpaired) electrons. The predicted octanol–water partition coefficient (Wildman–Crippen LogP) is 4.73. The fraction of sp³-hybridized carbons (Fsp3) is 0.368. The molecule has 0 aromatic heterocycles. The van der Waals surface area contributed by atoms with Gasteiger partial charge in [-0.1, -0.05) is 60.7 Å². The number of benzene rings is 2. The van der Waals surface area contributed by atoms with Crippen LogP contribution in [0.3, 0.4) is 0 Å². The van der Waals surface area contributed by atoms with Crippen molar-refractivity contribution in [2.24, 2.45) is 0 Å². The number of hydrogen-bond acceptors (Lipinski definition) is 2. The first kappa shape index (κ1) is 20.0. The number of nitrogens with zero attached hydrogens (tertiary/aromatic N) is 1. The van der Waals surface area contributed by atoms with Crippen LogP contribution < -0.4 is 0 Å². The minimum atomic E-state index is 0. The third-order valence-electron chi connectivity index (χ3n) is 4.20. The number of likely N-dealkylation sites (tertiary alicyclic amines) is 1. The van der Waals surface area contributed by atoms with Crippen LogP contribution in [0.5, 0.6) is 0 Å². The standard InChI is InChI=1S/C19H23NO.2ClH/c1-20-14-12-18(13-15-20)21-19(16-8-4-2-5-9-16)17-10-6-3-7-11-17;;/h2-11,18-19H,12-15H2,1H3;2*1H. The monoisotopic (exact) mass is 353 g/mol. The van der Waals surface area contributed by atoms with E-state index in [4.69, 9.17) is 4.74 Å². The second-order valence-corrected chi connectivity index (χ2v) is 5.84. The Labute approximate surface area is 151 Å². The molecular weight excluding hydrogens is 329 g/mol. The van der Waals surface area contributed by atoms with Crippen LogP contribution in [-0.4, -0.2) is 31.1 Å². The molecule has 0 bridgehead atoms. The number of halogens is 2. The Bertz CT molecular complexity index is 502. The van der Waals surface area contributed by atoms with E-state index in [0.29, 0.717) is 6.10 Å². The molecule has 1 heterocycles. The third kappa shape index (κ3) is 5.50. The van der Waals surface area contributed by atoms with E-state index in [9.17, 15) is 0 Å². The van der Waals surface area contributed by atoms with E-state index in [2.05, 4.69) is 72.6 Å². The fourth-order valence-corrected chi connectivity index (χ4v) is 2.92. The summed E-state index contributed by atoms with van der Waals surface area (Å²) < 4.78 is 6.49. The summed E-state index contributed by atoms with van der Waals surface area (Å²) in [5.74, 6) is 0. The molecule has 4 heteroatoms. The summed E-state index contributed by atoms with van der Waals surface area (Å²) in [7, 11) is 2.18. The molecule has 0 saturated carbocycles. The highest BCUT2D eigenvalue weighted by atomic mass is 35.5. The van der Waals surface area contributed by atoms with Gasteiger partial charge in [-0.2, -0.15) is 0 Å². The topological polar surface area (TPSA) is 12.5 Å². The highest BCUT2D eigenvalue weighted by Gasteiger charge is 2.23. The van der Waals surface area contributed by atoms with Crippen LogP contribution in [0, 0.1) is 0 Å². The lowest BCUT2D eigenvalue weighted by Crippen LogP contribution is -2.35. The lowest BCUT2D eigenvalue weighted by molar-refractivity contribution is -0.0234. The molecule has 0 aliphatic carbocycles. The Morgan fingerprint density at radius 3 is 1.70 bits per heavy atom. The molecule has 0 amide bonds. The van der Waals surface area contributed by atoms with E-state index in [1.807, 2.05) is 0 Å². The molecule has 2 aromatic rings. The lowest BCUT2D eigenvalue weighted by Gasteiger charge is -2.32. The Morgan fingerprint density at radius 2 is 1.26 bits per heavy atom. The van der Waals surface area contributed by atoms with E-state index >= 15 is 0 Å². The molecule has 1 saturated heterocycles. The maximum Gasteiger partial charge on any atom is 0.108 e. The zero-order valence-corrected chi connectivity index (χ0v) is 15.1. The van der Waals surface area contributed by atoms with Crippen LogP contribution in [-0.2, 0) is 4.74 Å². The minimum Gasteiger partial charge on any atom is -0.365 e. The van der Waals surface area contributed by atoms with Crippen LogP contribution in [0.4, 0.5) is 0 Å². The van der Waals surface area contributed by atoms with Gasteiger partial charge in [-0.25, -0.2) is 0 Å². The molecule has 126 valence electrons. The molecule has 2 aromatic carbocycles. The smallest absolute Gasteiger partial charge is 0.108 e. The molecule has 2 nitrogen and oxygen atoms in total. The summed E-state index contributed by atoms with van der Waals surface area (Å²) in [6.07, 6.45) is 2.63. The average molecular weight is 354 g/mol. The van der Waals surface area contributed by atoms with Gasteiger partial charge >= 0.3 is 0 Å². The summed E-state index contributed by atoms with van der Waals surface area (Å²) in [5.41, 5.74) is 2.48. The summed E-state index contributed by atoms with van der Waals surface area (Å²) in [6.45, 7) is 2.25. The predicted molar refractivity (Wildman–Crippen MR) is 101 cm³/mol. The second kappa shape index (κ2) is 9.94. The van der Waals surface area contributed by atoms with Crippen molar-refractivity contribution in [1.29, 1.82) is 0 Å². The van der Waals surface area contributed by atoms with Gasteiger partial charge in [0.2, 0.25) is 0 Å². The molecule has 0 unspecified atom stereocenters. The lowest BCUT2D eigenvalue weighted by atomic mass is 10.00. The normalized spacial score (nSPS) is 15.7. The maximum atomic E-state index is 6.49. The van der Waals surface area contributed by atoms with Gasteiger partial charge in [0, 0.05) is 13.1 Å². The van der Waals surface area contributed by atoms with Crippen LogP contribution in [0.1, 0.15) is 30.1 Å². The van der Waals surface area contributed by atoms with Gasteiger partial charge in [-0.15, -0.1) is 24.8 Å². The van der Waals surface area contributed by atoms with Crippen molar-refractivity contribution in [1.82, 2.24) is 4.90 Å². The van der Waals surface area contributed by atoms with Crippen LogP contribution >= 0.6 is 24.8 Å². The summed E-state index contributed by atoms with van der Waals surface area (Å²) in [6, 6.07) is 21.1. The quantitative estimate of drug-likeness (QED) is 0.787. The molecular formula is C19H25Cl2NO. The average Bonchev–Trinajstić information content (AvgIpc) is 2.56. The van der Waals surface area contributed by atoms with Gasteiger partial charge in [0.05, 0.1) is 6.10 Å². The van der Waals surface area contributed by atoms with Crippen molar-refractivity contribution in [3.8, 4) is 0 Å². The number of hydrogen-bond donors (Lipinski definition) is 0. The Morgan fingerprint density at radius 1 is 0.826 bits per heavy atom. The fourth-order valence-electron chi connectivity index (χ4n) is 2.92. The van der Waals surface area contributed by atoms with E-state index in [0.717, 1.165) is 25.9 Å². The first-order valence-electron chi connectivity index (χ1n) is 7.77. The largest absolute Gasteiger partial charge is 0.365 e. The van der Waals surface area contributed by atoms with Crippen molar-refractivity contribution in [2.45, 2.75) is 25.0 Å². The van der Waals surface area contributed by atoms with Crippen molar-refractivity contribution in [3.05, 3.63) is 71.8 Å². The summed E-state index contributed by atoms with van der Waals surface area (Å²) in [4.78, 5) is 2.37. The van der Waals surface area contributed by atoms with Crippen LogP contribution in [0.2, 0.25) is 0 Å². The van der Waals surface area contributed by atoms with Crippen molar-refractivity contribution < 1.29 is 4.74 Å². The zero-order chi connectivity index (χ0) is 14.5. The Balaban J connectivity index is 0.00000132. The summed E-state index contributed by atoms with van der Waals surface area (Å²) >= 11 is 0. The minimum absolute atomic E-state index is 0.